The summed E-state index contributed by atoms with van der Waals surface area (Å²) in [4.78, 5) is 4.66. The molecule has 1 heterocycles. The Kier molecular flexibility index (Phi) is 5.99. The second-order valence-corrected chi connectivity index (χ2v) is 4.62. The van der Waals surface area contributed by atoms with Crippen molar-refractivity contribution in [2.24, 2.45) is 0 Å². The molecule has 0 aliphatic carbocycles. The number of hydrogen-bond acceptors (Lipinski definition) is 3. The first-order chi connectivity index (χ1) is 8.68. The van der Waals surface area contributed by atoms with Gasteiger partial charge in [-0.05, 0) is 24.6 Å². The predicted octanol–water partition coefficient (Wildman–Crippen LogP) is 2.50. The van der Waals surface area contributed by atoms with Crippen molar-refractivity contribution in [3.63, 3.8) is 0 Å². The van der Waals surface area contributed by atoms with Crippen molar-refractivity contribution in [1.29, 1.82) is 0 Å². The Morgan fingerprint density at radius 1 is 1.11 bits per heavy atom. The fraction of sp³-hybridized carbons (Fsp3) is 0.600. The first-order valence-corrected chi connectivity index (χ1v) is 6.92. The largest absolute Gasteiger partial charge is 0.376 e. The van der Waals surface area contributed by atoms with Gasteiger partial charge in [0.2, 0.25) is 0 Å². The van der Waals surface area contributed by atoms with Crippen LogP contribution in [0.25, 0.3) is 0 Å². The van der Waals surface area contributed by atoms with Crippen LogP contribution in [0.5, 0.6) is 0 Å². The van der Waals surface area contributed by atoms with Crippen molar-refractivity contribution in [1.82, 2.24) is 5.32 Å². The summed E-state index contributed by atoms with van der Waals surface area (Å²) in [6.45, 7) is 10.5. The zero-order valence-corrected chi connectivity index (χ0v) is 12.5. The van der Waals surface area contributed by atoms with Gasteiger partial charge >= 0.3 is 0 Å². The highest BCUT2D eigenvalue weighted by atomic mass is 15.2. The number of anilines is 2. The summed E-state index contributed by atoms with van der Waals surface area (Å²) in [6.07, 6.45) is 0. The van der Waals surface area contributed by atoms with Crippen molar-refractivity contribution in [2.75, 3.05) is 50.1 Å². The van der Waals surface area contributed by atoms with Crippen LogP contribution in [-0.4, -0.2) is 40.3 Å². The SMILES string of the molecule is CC.Cc1ccc(N2CCNCC2)c(N(C)C)c1. The maximum Gasteiger partial charge on any atom is 0.0604 e. The summed E-state index contributed by atoms with van der Waals surface area (Å²) in [7, 11) is 4.22. The molecule has 3 nitrogen and oxygen atoms in total. The fourth-order valence-corrected chi connectivity index (χ4v) is 2.16. The Hall–Kier alpha value is -1.22. The molecule has 0 saturated carbocycles. The third kappa shape index (κ3) is 3.64. The Morgan fingerprint density at radius 3 is 2.28 bits per heavy atom. The van der Waals surface area contributed by atoms with E-state index in [0.29, 0.717) is 0 Å². The minimum atomic E-state index is 1.08. The van der Waals surface area contributed by atoms with E-state index in [1.807, 2.05) is 13.8 Å². The lowest BCUT2D eigenvalue weighted by molar-refractivity contribution is 0.589. The van der Waals surface area contributed by atoms with Gasteiger partial charge in [0, 0.05) is 40.3 Å². The molecule has 3 heteroatoms. The van der Waals surface area contributed by atoms with E-state index in [1.165, 1.54) is 16.9 Å². The number of nitrogens with zero attached hydrogens (tertiary/aromatic N) is 2. The number of hydrogen-bond donors (Lipinski definition) is 1. The number of benzene rings is 1. The van der Waals surface area contributed by atoms with Crippen LogP contribution in [0.2, 0.25) is 0 Å². The summed E-state index contributed by atoms with van der Waals surface area (Å²) >= 11 is 0. The molecule has 1 aliphatic rings. The van der Waals surface area contributed by atoms with Crippen molar-refractivity contribution in [3.8, 4) is 0 Å². The highest BCUT2D eigenvalue weighted by Crippen LogP contribution is 2.29. The Bertz CT molecular complexity index is 355. The van der Waals surface area contributed by atoms with E-state index in [1.54, 1.807) is 0 Å². The highest BCUT2D eigenvalue weighted by Gasteiger charge is 2.14. The molecule has 1 fully saturated rings. The van der Waals surface area contributed by atoms with Crippen LogP contribution in [-0.2, 0) is 0 Å². The van der Waals surface area contributed by atoms with Crippen molar-refractivity contribution < 1.29 is 0 Å². The number of piperazine rings is 1. The lowest BCUT2D eigenvalue weighted by Crippen LogP contribution is -2.44. The predicted molar refractivity (Wildman–Crippen MR) is 81.9 cm³/mol. The topological polar surface area (TPSA) is 18.5 Å². The van der Waals surface area contributed by atoms with Crippen LogP contribution < -0.4 is 15.1 Å². The minimum absolute atomic E-state index is 1.08. The van der Waals surface area contributed by atoms with Crippen molar-refractivity contribution in [2.45, 2.75) is 20.8 Å². The van der Waals surface area contributed by atoms with Crippen LogP contribution in [0.15, 0.2) is 18.2 Å². The van der Waals surface area contributed by atoms with Crippen LogP contribution in [0, 0.1) is 6.92 Å². The zero-order valence-electron chi connectivity index (χ0n) is 12.5. The number of nitrogens with one attached hydrogen (secondary N) is 1. The first-order valence-electron chi connectivity index (χ1n) is 6.92. The molecule has 102 valence electrons. The zero-order chi connectivity index (χ0) is 13.5. The van der Waals surface area contributed by atoms with Crippen LogP contribution in [0.3, 0.4) is 0 Å². The molecule has 0 atom stereocenters. The summed E-state index contributed by atoms with van der Waals surface area (Å²) in [5, 5.41) is 3.39. The van der Waals surface area contributed by atoms with E-state index in [9.17, 15) is 0 Å². The lowest BCUT2D eigenvalue weighted by Gasteiger charge is -2.32. The number of aryl methyl sites for hydroxylation is 1. The maximum atomic E-state index is 3.39. The number of rotatable bonds is 2. The average molecular weight is 249 g/mol. The van der Waals surface area contributed by atoms with Gasteiger partial charge in [0.05, 0.1) is 11.4 Å². The van der Waals surface area contributed by atoms with Crippen LogP contribution >= 0.6 is 0 Å². The maximum absolute atomic E-state index is 3.39. The molecule has 1 aliphatic heterocycles. The summed E-state index contributed by atoms with van der Waals surface area (Å²) in [5.41, 5.74) is 4.00. The molecular formula is C15H27N3. The second kappa shape index (κ2) is 7.27. The minimum Gasteiger partial charge on any atom is -0.376 e. The Morgan fingerprint density at radius 2 is 1.72 bits per heavy atom. The van der Waals surface area contributed by atoms with Crippen LogP contribution in [0.4, 0.5) is 11.4 Å². The van der Waals surface area contributed by atoms with Gasteiger partial charge in [-0.1, -0.05) is 19.9 Å². The smallest absolute Gasteiger partial charge is 0.0604 e. The summed E-state index contributed by atoms with van der Waals surface area (Å²) < 4.78 is 0. The van der Waals surface area contributed by atoms with E-state index in [-0.39, 0.29) is 0 Å². The van der Waals surface area contributed by atoms with E-state index < -0.39 is 0 Å². The van der Waals surface area contributed by atoms with Crippen LogP contribution in [0.1, 0.15) is 19.4 Å². The van der Waals surface area contributed by atoms with E-state index in [4.69, 9.17) is 0 Å². The Labute approximate surface area is 112 Å². The summed E-state index contributed by atoms with van der Waals surface area (Å²) in [6, 6.07) is 6.71. The summed E-state index contributed by atoms with van der Waals surface area (Å²) in [5.74, 6) is 0. The third-order valence-electron chi connectivity index (χ3n) is 3.07. The van der Waals surface area contributed by atoms with Crippen molar-refractivity contribution in [3.05, 3.63) is 23.8 Å². The standard InChI is InChI=1S/C13H21N3.C2H6/c1-11-4-5-12(13(10-11)15(2)3)16-8-6-14-7-9-16;1-2/h4-5,10,14H,6-9H2,1-3H3;1-2H3. The molecule has 0 aromatic heterocycles. The normalized spacial score (nSPS) is 14.8. The van der Waals surface area contributed by atoms with Gasteiger partial charge in [-0.15, -0.1) is 0 Å². The molecule has 0 spiro atoms. The van der Waals surface area contributed by atoms with Gasteiger partial charge in [-0.3, -0.25) is 0 Å². The molecule has 1 aromatic rings. The van der Waals surface area contributed by atoms with Crippen molar-refractivity contribution >= 4 is 11.4 Å². The fourth-order valence-electron chi connectivity index (χ4n) is 2.16. The van der Waals surface area contributed by atoms with Gasteiger partial charge in [0.25, 0.3) is 0 Å². The van der Waals surface area contributed by atoms with Gasteiger partial charge in [0.1, 0.15) is 0 Å². The molecule has 1 aromatic carbocycles. The second-order valence-electron chi connectivity index (χ2n) is 4.62. The van der Waals surface area contributed by atoms with E-state index >= 15 is 0 Å². The molecule has 0 radical (unpaired) electrons. The molecule has 0 unspecified atom stereocenters. The molecule has 1 N–H and O–H groups in total. The highest BCUT2D eigenvalue weighted by molar-refractivity contribution is 5.72. The third-order valence-corrected chi connectivity index (χ3v) is 3.07. The molecule has 0 bridgehead atoms. The first kappa shape index (κ1) is 14.8. The van der Waals surface area contributed by atoms with E-state index in [2.05, 4.69) is 54.3 Å². The molecule has 0 amide bonds. The molecule has 1 saturated heterocycles. The average Bonchev–Trinajstić information content (AvgIpc) is 2.42. The molecular weight excluding hydrogens is 222 g/mol. The molecule has 18 heavy (non-hydrogen) atoms. The lowest BCUT2D eigenvalue weighted by atomic mass is 10.1. The Balaban J connectivity index is 0.000000771. The van der Waals surface area contributed by atoms with E-state index in [0.717, 1.165) is 26.2 Å². The van der Waals surface area contributed by atoms with Gasteiger partial charge in [-0.25, -0.2) is 0 Å². The van der Waals surface area contributed by atoms with Gasteiger partial charge < -0.3 is 15.1 Å². The monoisotopic (exact) mass is 249 g/mol. The molecule has 2 rings (SSSR count). The van der Waals surface area contributed by atoms with Gasteiger partial charge in [0.15, 0.2) is 0 Å². The van der Waals surface area contributed by atoms with Gasteiger partial charge in [-0.2, -0.15) is 0 Å². The quantitative estimate of drug-likeness (QED) is 0.869.